The van der Waals surface area contributed by atoms with Crippen LogP contribution in [0.1, 0.15) is 12.6 Å². The van der Waals surface area contributed by atoms with Crippen LogP contribution in [-0.2, 0) is 17.8 Å². The Morgan fingerprint density at radius 1 is 1.33 bits per heavy atom. The summed E-state index contributed by atoms with van der Waals surface area (Å²) in [5.41, 5.74) is 1.53. The number of likely N-dealkylation sites (N-methyl/N-ethyl adjacent to an activating group) is 1. The number of hydrogen-bond acceptors (Lipinski definition) is 3. The molecule has 0 unspecified atom stereocenters. The Kier molecular flexibility index (Phi) is 5.45. The fourth-order valence-corrected chi connectivity index (χ4v) is 1.91. The lowest BCUT2D eigenvalue weighted by molar-refractivity contribution is -0.116. The van der Waals surface area contributed by atoms with Crippen LogP contribution < -0.4 is 10.6 Å². The van der Waals surface area contributed by atoms with Gasteiger partial charge in [-0.1, -0.05) is 6.92 Å². The zero-order valence-electron chi connectivity index (χ0n) is 12.0. The fourth-order valence-electron chi connectivity index (χ4n) is 1.91. The van der Waals surface area contributed by atoms with Crippen LogP contribution in [0.15, 0.2) is 36.8 Å². The average molecular weight is 290 g/mol. The maximum absolute atomic E-state index is 12.8. The van der Waals surface area contributed by atoms with E-state index in [1.54, 1.807) is 10.9 Å². The van der Waals surface area contributed by atoms with Crippen LogP contribution in [-0.4, -0.2) is 28.5 Å². The second kappa shape index (κ2) is 7.54. The number of carbonyl (C=O) groups is 1. The third kappa shape index (κ3) is 5.00. The van der Waals surface area contributed by atoms with Crippen molar-refractivity contribution in [3.05, 3.63) is 48.3 Å². The van der Waals surface area contributed by atoms with Gasteiger partial charge in [0.25, 0.3) is 0 Å². The normalized spacial score (nSPS) is 10.6. The summed E-state index contributed by atoms with van der Waals surface area (Å²) in [4.78, 5) is 16.1. The topological polar surface area (TPSA) is 59.0 Å². The van der Waals surface area contributed by atoms with Crippen molar-refractivity contribution in [2.45, 2.75) is 19.9 Å². The van der Waals surface area contributed by atoms with Crippen LogP contribution in [0.3, 0.4) is 0 Å². The molecular weight excluding hydrogens is 271 g/mol. The minimum absolute atomic E-state index is 0.169. The third-order valence-electron chi connectivity index (χ3n) is 2.95. The molecule has 6 heteroatoms. The van der Waals surface area contributed by atoms with E-state index < -0.39 is 0 Å². The van der Waals surface area contributed by atoms with E-state index in [1.165, 1.54) is 24.3 Å². The lowest BCUT2D eigenvalue weighted by atomic mass is 10.3. The number of anilines is 1. The zero-order chi connectivity index (χ0) is 15.1. The fraction of sp³-hybridized carbons (Fsp3) is 0.333. The van der Waals surface area contributed by atoms with Crippen LogP contribution in [0.25, 0.3) is 0 Å². The van der Waals surface area contributed by atoms with E-state index in [2.05, 4.69) is 22.5 Å². The Balaban J connectivity index is 1.83. The van der Waals surface area contributed by atoms with Crippen molar-refractivity contribution in [2.24, 2.45) is 0 Å². The first-order valence-corrected chi connectivity index (χ1v) is 6.94. The lowest BCUT2D eigenvalue weighted by Crippen LogP contribution is -2.18. The molecule has 1 amide bonds. The summed E-state index contributed by atoms with van der Waals surface area (Å²) < 4.78 is 14.5. The monoisotopic (exact) mass is 290 g/mol. The molecule has 0 aliphatic carbocycles. The standard InChI is InChI=1S/C15H19FN4O/c1-2-17-8-7-14-9-20(11-18-14)10-15(21)19-13-5-3-12(16)4-6-13/h3-6,9,11,17H,2,7-8,10H2,1H3,(H,19,21). The van der Waals surface area contributed by atoms with Gasteiger partial charge in [0.1, 0.15) is 12.4 Å². The first kappa shape index (κ1) is 15.2. The largest absolute Gasteiger partial charge is 0.328 e. The molecule has 1 heterocycles. The molecule has 5 nitrogen and oxygen atoms in total. The van der Waals surface area contributed by atoms with E-state index in [9.17, 15) is 9.18 Å². The molecule has 112 valence electrons. The summed E-state index contributed by atoms with van der Waals surface area (Å²) in [5.74, 6) is -0.495. The number of benzene rings is 1. The van der Waals surface area contributed by atoms with Crippen molar-refractivity contribution in [2.75, 3.05) is 18.4 Å². The van der Waals surface area contributed by atoms with Gasteiger partial charge in [-0.05, 0) is 30.8 Å². The summed E-state index contributed by atoms with van der Waals surface area (Å²) >= 11 is 0. The molecule has 0 aliphatic rings. The molecule has 1 aromatic heterocycles. The molecule has 0 bridgehead atoms. The minimum atomic E-state index is -0.326. The molecule has 2 aromatic rings. The van der Waals surface area contributed by atoms with Crippen molar-refractivity contribution < 1.29 is 9.18 Å². The molecule has 21 heavy (non-hydrogen) atoms. The number of halogens is 1. The second-order valence-corrected chi connectivity index (χ2v) is 4.70. The molecular formula is C15H19FN4O. The Labute approximate surface area is 123 Å². The SMILES string of the molecule is CCNCCc1cn(CC(=O)Nc2ccc(F)cc2)cn1. The first-order valence-electron chi connectivity index (χ1n) is 6.94. The number of hydrogen-bond donors (Lipinski definition) is 2. The van der Waals surface area contributed by atoms with Gasteiger partial charge < -0.3 is 15.2 Å². The molecule has 1 aromatic carbocycles. The lowest BCUT2D eigenvalue weighted by Gasteiger charge is -2.05. The molecule has 0 radical (unpaired) electrons. The Morgan fingerprint density at radius 3 is 2.81 bits per heavy atom. The van der Waals surface area contributed by atoms with Crippen molar-refractivity contribution in [3.8, 4) is 0 Å². The smallest absolute Gasteiger partial charge is 0.244 e. The second-order valence-electron chi connectivity index (χ2n) is 4.70. The molecule has 2 N–H and O–H groups in total. The highest BCUT2D eigenvalue weighted by atomic mass is 19.1. The number of aromatic nitrogens is 2. The molecule has 0 saturated carbocycles. The van der Waals surface area contributed by atoms with Gasteiger partial charge in [-0.3, -0.25) is 4.79 Å². The van der Waals surface area contributed by atoms with E-state index in [1.807, 2.05) is 6.20 Å². The van der Waals surface area contributed by atoms with E-state index in [4.69, 9.17) is 0 Å². The number of amides is 1. The maximum Gasteiger partial charge on any atom is 0.244 e. The van der Waals surface area contributed by atoms with Gasteiger partial charge in [0.2, 0.25) is 5.91 Å². The highest BCUT2D eigenvalue weighted by molar-refractivity contribution is 5.90. The predicted molar refractivity (Wildman–Crippen MR) is 79.5 cm³/mol. The third-order valence-corrected chi connectivity index (χ3v) is 2.95. The highest BCUT2D eigenvalue weighted by Gasteiger charge is 2.05. The average Bonchev–Trinajstić information content (AvgIpc) is 2.89. The van der Waals surface area contributed by atoms with Crippen LogP contribution in [0.5, 0.6) is 0 Å². The van der Waals surface area contributed by atoms with E-state index >= 15 is 0 Å². The van der Waals surface area contributed by atoms with Gasteiger partial charge in [0.05, 0.1) is 12.0 Å². The van der Waals surface area contributed by atoms with Gasteiger partial charge in [0, 0.05) is 24.8 Å². The van der Waals surface area contributed by atoms with Crippen molar-refractivity contribution >= 4 is 11.6 Å². The van der Waals surface area contributed by atoms with Crippen molar-refractivity contribution in [1.82, 2.24) is 14.9 Å². The molecule has 0 saturated heterocycles. The van der Waals surface area contributed by atoms with Gasteiger partial charge in [0.15, 0.2) is 0 Å². The first-order chi connectivity index (χ1) is 10.2. The van der Waals surface area contributed by atoms with Gasteiger partial charge >= 0.3 is 0 Å². The Hall–Kier alpha value is -2.21. The summed E-state index contributed by atoms with van der Waals surface area (Å²) in [6.07, 6.45) is 4.34. The summed E-state index contributed by atoms with van der Waals surface area (Å²) in [6, 6.07) is 5.68. The quantitative estimate of drug-likeness (QED) is 0.765. The number of rotatable bonds is 7. The minimum Gasteiger partial charge on any atom is -0.328 e. The van der Waals surface area contributed by atoms with E-state index in [0.717, 1.165) is 25.2 Å². The Morgan fingerprint density at radius 2 is 2.10 bits per heavy atom. The Bertz CT molecular complexity index is 580. The van der Waals surface area contributed by atoms with E-state index in [-0.39, 0.29) is 18.3 Å². The molecule has 0 aliphatic heterocycles. The zero-order valence-corrected chi connectivity index (χ0v) is 12.0. The number of imidazole rings is 1. The summed E-state index contributed by atoms with van der Waals surface area (Å²) in [5, 5.41) is 5.94. The van der Waals surface area contributed by atoms with Gasteiger partial charge in [-0.2, -0.15) is 0 Å². The number of nitrogens with one attached hydrogen (secondary N) is 2. The summed E-state index contributed by atoms with van der Waals surface area (Å²) in [6.45, 7) is 4.04. The molecule has 0 fully saturated rings. The molecule has 0 atom stereocenters. The van der Waals surface area contributed by atoms with Crippen LogP contribution in [0.4, 0.5) is 10.1 Å². The molecule has 2 rings (SSSR count). The predicted octanol–water partition coefficient (Wildman–Crippen LogP) is 1.81. The maximum atomic E-state index is 12.8. The van der Waals surface area contributed by atoms with Crippen molar-refractivity contribution in [1.29, 1.82) is 0 Å². The number of carbonyl (C=O) groups excluding carboxylic acids is 1. The van der Waals surface area contributed by atoms with Crippen LogP contribution in [0, 0.1) is 5.82 Å². The van der Waals surface area contributed by atoms with Crippen LogP contribution in [0.2, 0.25) is 0 Å². The number of nitrogens with zero attached hydrogens (tertiary/aromatic N) is 2. The summed E-state index contributed by atoms with van der Waals surface area (Å²) in [7, 11) is 0. The van der Waals surface area contributed by atoms with Crippen molar-refractivity contribution in [3.63, 3.8) is 0 Å². The highest BCUT2D eigenvalue weighted by Crippen LogP contribution is 2.08. The molecule has 0 spiro atoms. The van der Waals surface area contributed by atoms with Gasteiger partial charge in [-0.15, -0.1) is 0 Å². The van der Waals surface area contributed by atoms with Gasteiger partial charge in [-0.25, -0.2) is 9.37 Å². The van der Waals surface area contributed by atoms with E-state index in [0.29, 0.717) is 5.69 Å². The van der Waals surface area contributed by atoms with Crippen LogP contribution >= 0.6 is 0 Å².